The molecule has 1 saturated heterocycles. The van der Waals surface area contributed by atoms with Crippen LogP contribution in [-0.4, -0.2) is 79.9 Å². The van der Waals surface area contributed by atoms with Crippen LogP contribution in [0.3, 0.4) is 0 Å². The van der Waals surface area contributed by atoms with Gasteiger partial charge in [-0.05, 0) is 38.7 Å². The second-order valence-electron chi connectivity index (χ2n) is 6.42. The van der Waals surface area contributed by atoms with Gasteiger partial charge in [-0.25, -0.2) is 0 Å². The van der Waals surface area contributed by atoms with Crippen molar-refractivity contribution in [1.29, 1.82) is 0 Å². The maximum absolute atomic E-state index is 12.2. The maximum Gasteiger partial charge on any atom is 0.260 e. The summed E-state index contributed by atoms with van der Waals surface area (Å²) in [4.78, 5) is 29.9. The third kappa shape index (κ3) is 5.53. The van der Waals surface area contributed by atoms with Gasteiger partial charge in [-0.1, -0.05) is 12.1 Å². The molecule has 0 unspecified atom stereocenters. The van der Waals surface area contributed by atoms with E-state index in [2.05, 4.69) is 0 Å². The number of piperazine rings is 1. The lowest BCUT2D eigenvalue weighted by molar-refractivity contribution is -0.140. The van der Waals surface area contributed by atoms with Crippen molar-refractivity contribution in [3.05, 3.63) is 29.8 Å². The number of aryl methyl sites for hydroxylation is 1. The number of hydrogen-bond acceptors (Lipinski definition) is 4. The van der Waals surface area contributed by atoms with Gasteiger partial charge in [0.15, 0.2) is 6.61 Å². The third-order valence-electron chi connectivity index (χ3n) is 4.11. The van der Waals surface area contributed by atoms with Crippen LogP contribution in [0.4, 0.5) is 0 Å². The van der Waals surface area contributed by atoms with Gasteiger partial charge < -0.3 is 19.4 Å². The zero-order valence-corrected chi connectivity index (χ0v) is 14.8. The predicted octanol–water partition coefficient (Wildman–Crippen LogP) is 0.996. The van der Waals surface area contributed by atoms with Crippen molar-refractivity contribution in [1.82, 2.24) is 14.7 Å². The molecule has 6 nitrogen and oxygen atoms in total. The highest BCUT2D eigenvalue weighted by molar-refractivity contribution is 5.79. The van der Waals surface area contributed by atoms with Crippen LogP contribution in [0.5, 0.6) is 5.75 Å². The summed E-state index contributed by atoms with van der Waals surface area (Å²) in [6.45, 7) is 5.12. The number of carbonyl (C=O) groups excluding carboxylic acids is 2. The summed E-state index contributed by atoms with van der Waals surface area (Å²) >= 11 is 0. The highest BCUT2D eigenvalue weighted by Crippen LogP contribution is 2.13. The Kier molecular flexibility index (Phi) is 6.61. The molecular formula is C18H27N3O3. The van der Waals surface area contributed by atoms with Crippen LogP contribution in [0.15, 0.2) is 24.3 Å². The molecule has 24 heavy (non-hydrogen) atoms. The molecule has 2 rings (SSSR count). The minimum absolute atomic E-state index is 0.0307. The third-order valence-corrected chi connectivity index (χ3v) is 4.11. The Morgan fingerprint density at radius 2 is 1.71 bits per heavy atom. The largest absolute Gasteiger partial charge is 0.484 e. The van der Waals surface area contributed by atoms with Gasteiger partial charge in [0, 0.05) is 39.1 Å². The second kappa shape index (κ2) is 8.68. The number of hydrogen-bond donors (Lipinski definition) is 0. The average Bonchev–Trinajstić information content (AvgIpc) is 2.57. The molecule has 6 heteroatoms. The van der Waals surface area contributed by atoms with E-state index in [0.717, 1.165) is 12.1 Å². The summed E-state index contributed by atoms with van der Waals surface area (Å²) in [5.41, 5.74) is 1.10. The number of ether oxygens (including phenoxy) is 1. The summed E-state index contributed by atoms with van der Waals surface area (Å²) in [5, 5.41) is 0. The van der Waals surface area contributed by atoms with Gasteiger partial charge in [0.25, 0.3) is 5.91 Å². The van der Waals surface area contributed by atoms with Crippen LogP contribution in [0.1, 0.15) is 12.0 Å². The number of carbonyl (C=O) groups is 2. The van der Waals surface area contributed by atoms with Gasteiger partial charge >= 0.3 is 0 Å². The molecule has 1 aromatic rings. The van der Waals surface area contributed by atoms with E-state index in [0.29, 0.717) is 38.3 Å². The molecule has 0 bridgehead atoms. The molecule has 132 valence electrons. The Balaban J connectivity index is 1.73. The summed E-state index contributed by atoms with van der Waals surface area (Å²) < 4.78 is 5.56. The highest BCUT2D eigenvalue weighted by atomic mass is 16.5. The van der Waals surface area contributed by atoms with Crippen molar-refractivity contribution >= 4 is 11.8 Å². The Labute approximate surface area is 144 Å². The number of benzene rings is 1. The van der Waals surface area contributed by atoms with Gasteiger partial charge in [0.1, 0.15) is 5.75 Å². The molecular weight excluding hydrogens is 306 g/mol. The summed E-state index contributed by atoms with van der Waals surface area (Å²) in [5.74, 6) is 0.838. The highest BCUT2D eigenvalue weighted by Gasteiger charge is 2.24. The lowest BCUT2D eigenvalue weighted by atomic mass is 10.2. The minimum atomic E-state index is -0.0307. The topological polar surface area (TPSA) is 53.1 Å². The average molecular weight is 333 g/mol. The van der Waals surface area contributed by atoms with Gasteiger partial charge in [-0.2, -0.15) is 0 Å². The molecule has 0 saturated carbocycles. The first-order chi connectivity index (χ1) is 11.5. The first kappa shape index (κ1) is 18.3. The van der Waals surface area contributed by atoms with Crippen molar-refractivity contribution < 1.29 is 14.3 Å². The maximum atomic E-state index is 12.2. The van der Waals surface area contributed by atoms with Gasteiger partial charge in [-0.3, -0.25) is 9.59 Å². The van der Waals surface area contributed by atoms with E-state index < -0.39 is 0 Å². The molecule has 0 aliphatic carbocycles. The SMILES string of the molecule is Cc1cccc(OCC(=O)N2CCN(C(=O)CCN(C)C)CC2)c1. The Morgan fingerprint density at radius 1 is 1.08 bits per heavy atom. The molecule has 1 aliphatic heterocycles. The van der Waals surface area contributed by atoms with E-state index in [-0.39, 0.29) is 18.4 Å². The lowest BCUT2D eigenvalue weighted by Crippen LogP contribution is -2.51. The van der Waals surface area contributed by atoms with Crippen molar-refractivity contribution in [2.75, 3.05) is 53.4 Å². The van der Waals surface area contributed by atoms with E-state index in [1.54, 1.807) is 4.90 Å². The second-order valence-corrected chi connectivity index (χ2v) is 6.42. The van der Waals surface area contributed by atoms with E-state index in [4.69, 9.17) is 4.74 Å². The quantitative estimate of drug-likeness (QED) is 0.779. The lowest BCUT2D eigenvalue weighted by Gasteiger charge is -2.35. The molecule has 0 spiro atoms. The fourth-order valence-corrected chi connectivity index (χ4v) is 2.62. The normalized spacial score (nSPS) is 14.8. The van der Waals surface area contributed by atoms with E-state index in [1.807, 2.05) is 55.1 Å². The standard InChI is InChI=1S/C18H27N3O3/c1-15-5-4-6-16(13-15)24-14-18(23)21-11-9-20(10-12-21)17(22)7-8-19(2)3/h4-6,13H,7-12,14H2,1-3H3. The van der Waals surface area contributed by atoms with Crippen LogP contribution < -0.4 is 4.74 Å². The van der Waals surface area contributed by atoms with E-state index in [1.165, 1.54) is 0 Å². The van der Waals surface area contributed by atoms with Gasteiger partial charge in [0.2, 0.25) is 5.91 Å². The van der Waals surface area contributed by atoms with Gasteiger partial charge in [-0.15, -0.1) is 0 Å². The zero-order valence-electron chi connectivity index (χ0n) is 14.8. The molecule has 2 amide bonds. The molecule has 0 atom stereocenters. The van der Waals surface area contributed by atoms with Crippen LogP contribution in [0.25, 0.3) is 0 Å². The minimum Gasteiger partial charge on any atom is -0.484 e. The van der Waals surface area contributed by atoms with Crippen molar-refractivity contribution in [3.8, 4) is 5.75 Å². The predicted molar refractivity (Wildman–Crippen MR) is 93.0 cm³/mol. The fourth-order valence-electron chi connectivity index (χ4n) is 2.62. The van der Waals surface area contributed by atoms with Crippen LogP contribution >= 0.6 is 0 Å². The summed E-state index contributed by atoms with van der Waals surface area (Å²) in [7, 11) is 3.91. The Bertz CT molecular complexity index is 566. The van der Waals surface area contributed by atoms with Crippen molar-refractivity contribution in [2.24, 2.45) is 0 Å². The number of rotatable bonds is 6. The van der Waals surface area contributed by atoms with Crippen molar-refractivity contribution in [2.45, 2.75) is 13.3 Å². The molecule has 0 radical (unpaired) electrons. The van der Waals surface area contributed by atoms with Crippen LogP contribution in [0, 0.1) is 6.92 Å². The van der Waals surface area contributed by atoms with Crippen LogP contribution in [0.2, 0.25) is 0 Å². The smallest absolute Gasteiger partial charge is 0.260 e. The number of amides is 2. The summed E-state index contributed by atoms with van der Waals surface area (Å²) in [6.07, 6.45) is 0.525. The first-order valence-electron chi connectivity index (χ1n) is 8.35. The number of nitrogens with zero attached hydrogens (tertiary/aromatic N) is 3. The zero-order chi connectivity index (χ0) is 17.5. The first-order valence-corrected chi connectivity index (χ1v) is 8.35. The molecule has 1 aromatic carbocycles. The Morgan fingerprint density at radius 3 is 2.29 bits per heavy atom. The van der Waals surface area contributed by atoms with E-state index >= 15 is 0 Å². The van der Waals surface area contributed by atoms with Crippen molar-refractivity contribution in [3.63, 3.8) is 0 Å². The molecule has 1 heterocycles. The van der Waals surface area contributed by atoms with Gasteiger partial charge in [0.05, 0.1) is 0 Å². The van der Waals surface area contributed by atoms with E-state index in [9.17, 15) is 9.59 Å². The monoisotopic (exact) mass is 333 g/mol. The summed E-state index contributed by atoms with van der Waals surface area (Å²) in [6, 6.07) is 7.66. The molecule has 1 aliphatic rings. The molecule has 0 aromatic heterocycles. The molecule has 0 N–H and O–H groups in total. The van der Waals surface area contributed by atoms with Crippen LogP contribution in [-0.2, 0) is 9.59 Å². The fraction of sp³-hybridized carbons (Fsp3) is 0.556. The Hall–Kier alpha value is -2.08. The molecule has 1 fully saturated rings.